The number of carbonyl (C=O) groups excluding carboxylic acids is 1. The first kappa shape index (κ1) is 24.1. The van der Waals surface area contributed by atoms with E-state index >= 15 is 0 Å². The van der Waals surface area contributed by atoms with Gasteiger partial charge in [0.2, 0.25) is 10.0 Å². The van der Waals surface area contributed by atoms with Gasteiger partial charge in [0, 0.05) is 37.2 Å². The molecule has 1 aromatic heterocycles. The van der Waals surface area contributed by atoms with E-state index in [2.05, 4.69) is 5.32 Å². The molecule has 2 fully saturated rings. The number of anilines is 1. The summed E-state index contributed by atoms with van der Waals surface area (Å²) in [6, 6.07) is 10.9. The van der Waals surface area contributed by atoms with E-state index in [1.165, 1.54) is 10.6 Å². The van der Waals surface area contributed by atoms with E-state index in [0.29, 0.717) is 52.8 Å². The summed E-state index contributed by atoms with van der Waals surface area (Å²) in [7, 11) is -1.95. The molecule has 0 spiro atoms. The molecular formula is C25H29ClN4O4S. The van der Waals surface area contributed by atoms with Crippen molar-refractivity contribution in [1.82, 2.24) is 15.1 Å². The van der Waals surface area contributed by atoms with Gasteiger partial charge in [-0.2, -0.15) is 5.10 Å². The number of sulfonamides is 1. The summed E-state index contributed by atoms with van der Waals surface area (Å²) in [5, 5.41) is 8.75. The third-order valence-corrected chi connectivity index (χ3v) is 8.18. The van der Waals surface area contributed by atoms with Crippen LogP contribution in [0.5, 0.6) is 0 Å². The SMILES string of the molecule is CNC(=O)c1c2cc(C3CC3)c(N(CC3CCOCC3)S(C)(=O)=O)cc2nn1-c1ccc(Cl)cc1. The van der Waals surface area contributed by atoms with E-state index in [4.69, 9.17) is 21.4 Å². The summed E-state index contributed by atoms with van der Waals surface area (Å²) in [5.74, 6) is 0.234. The Bertz CT molecular complexity index is 1360. The van der Waals surface area contributed by atoms with Crippen LogP contribution in [0.1, 0.15) is 47.7 Å². The minimum absolute atomic E-state index is 0.231. The highest BCUT2D eigenvalue weighted by atomic mass is 35.5. The molecule has 8 nitrogen and oxygen atoms in total. The molecular weight excluding hydrogens is 488 g/mol. The Hall–Kier alpha value is -2.62. The van der Waals surface area contributed by atoms with Crippen LogP contribution in [0, 0.1) is 5.92 Å². The monoisotopic (exact) mass is 516 g/mol. The molecule has 186 valence electrons. The maximum absolute atomic E-state index is 13.0. The smallest absolute Gasteiger partial charge is 0.270 e. The number of halogens is 1. The van der Waals surface area contributed by atoms with Crippen LogP contribution in [0.25, 0.3) is 16.6 Å². The van der Waals surface area contributed by atoms with Crippen molar-refractivity contribution in [1.29, 1.82) is 0 Å². The Morgan fingerprint density at radius 1 is 1.17 bits per heavy atom. The molecule has 2 heterocycles. The fraction of sp³-hybridized carbons (Fsp3) is 0.440. The number of ether oxygens (including phenoxy) is 1. The average Bonchev–Trinajstić information content (AvgIpc) is 3.62. The minimum Gasteiger partial charge on any atom is -0.381 e. The molecule has 10 heteroatoms. The normalized spacial score (nSPS) is 17.0. The highest BCUT2D eigenvalue weighted by Gasteiger charge is 2.33. The molecule has 1 saturated heterocycles. The van der Waals surface area contributed by atoms with Crippen molar-refractivity contribution in [2.45, 2.75) is 31.6 Å². The molecule has 5 rings (SSSR count). The van der Waals surface area contributed by atoms with Gasteiger partial charge in [-0.3, -0.25) is 9.10 Å². The second-order valence-electron chi connectivity index (χ2n) is 9.37. The van der Waals surface area contributed by atoms with E-state index in [0.717, 1.165) is 31.2 Å². The van der Waals surface area contributed by atoms with Crippen LogP contribution in [0.15, 0.2) is 36.4 Å². The molecule has 1 aliphatic heterocycles. The van der Waals surface area contributed by atoms with Crippen molar-refractivity contribution in [3.8, 4) is 5.69 Å². The number of nitrogens with one attached hydrogen (secondary N) is 1. The van der Waals surface area contributed by atoms with Crippen LogP contribution in [0.4, 0.5) is 5.69 Å². The van der Waals surface area contributed by atoms with Crippen molar-refractivity contribution < 1.29 is 17.9 Å². The van der Waals surface area contributed by atoms with Gasteiger partial charge in [0.25, 0.3) is 5.91 Å². The van der Waals surface area contributed by atoms with Gasteiger partial charge in [0.15, 0.2) is 0 Å². The van der Waals surface area contributed by atoms with Crippen molar-refractivity contribution in [3.63, 3.8) is 0 Å². The molecule has 0 atom stereocenters. The van der Waals surface area contributed by atoms with Crippen LogP contribution < -0.4 is 9.62 Å². The second-order valence-corrected chi connectivity index (χ2v) is 11.7. The third-order valence-electron chi connectivity index (χ3n) is 6.78. The van der Waals surface area contributed by atoms with Crippen LogP contribution in [0.2, 0.25) is 5.02 Å². The lowest BCUT2D eigenvalue weighted by Crippen LogP contribution is -2.37. The fourth-order valence-corrected chi connectivity index (χ4v) is 5.88. The van der Waals surface area contributed by atoms with Gasteiger partial charge in [0.05, 0.1) is 23.1 Å². The lowest BCUT2D eigenvalue weighted by atomic mass is 9.99. The van der Waals surface area contributed by atoms with Crippen LogP contribution >= 0.6 is 11.6 Å². The largest absolute Gasteiger partial charge is 0.381 e. The quantitative estimate of drug-likeness (QED) is 0.510. The van der Waals surface area contributed by atoms with E-state index in [-0.39, 0.29) is 17.7 Å². The number of hydrogen-bond donors (Lipinski definition) is 1. The summed E-state index contributed by atoms with van der Waals surface area (Å²) in [5.41, 5.74) is 3.29. The third kappa shape index (κ3) is 4.90. The highest BCUT2D eigenvalue weighted by Crippen LogP contribution is 2.47. The number of amides is 1. The molecule has 1 N–H and O–H groups in total. The van der Waals surface area contributed by atoms with Crippen LogP contribution in [-0.2, 0) is 14.8 Å². The zero-order valence-corrected chi connectivity index (χ0v) is 21.4. The first-order valence-electron chi connectivity index (χ1n) is 11.9. The van der Waals surface area contributed by atoms with E-state index in [9.17, 15) is 13.2 Å². The topological polar surface area (TPSA) is 93.5 Å². The van der Waals surface area contributed by atoms with Crippen molar-refractivity contribution in [3.05, 3.63) is 52.7 Å². The number of aromatic nitrogens is 2. The molecule has 0 bridgehead atoms. The Labute approximate surface area is 210 Å². The maximum atomic E-state index is 13.0. The van der Waals surface area contributed by atoms with Crippen molar-refractivity contribution in [2.75, 3.05) is 37.4 Å². The molecule has 0 unspecified atom stereocenters. The summed E-state index contributed by atoms with van der Waals surface area (Å²) in [6.07, 6.45) is 4.91. The zero-order chi connectivity index (χ0) is 24.7. The number of benzene rings is 2. The average molecular weight is 517 g/mol. The molecule has 3 aromatic rings. The van der Waals surface area contributed by atoms with Gasteiger partial charge in [-0.25, -0.2) is 13.1 Å². The molecule has 2 aliphatic rings. The number of fused-ring (bicyclic) bond motifs is 1. The Balaban J connectivity index is 1.69. The molecule has 1 saturated carbocycles. The maximum Gasteiger partial charge on any atom is 0.270 e. The predicted molar refractivity (Wildman–Crippen MR) is 137 cm³/mol. The standard InChI is InChI=1S/C25H29ClN4O4S/c1-27-25(31)24-21-13-20(17-3-4-17)23(29(35(2,32)33)15-16-9-11-34-12-10-16)14-22(21)28-30(24)19-7-5-18(26)6-8-19/h5-8,13-14,16-17H,3-4,9-12,15H2,1-2H3,(H,27,31). The van der Waals surface area contributed by atoms with Crippen molar-refractivity contribution >= 4 is 44.1 Å². The van der Waals surface area contributed by atoms with Gasteiger partial charge in [-0.15, -0.1) is 0 Å². The van der Waals surface area contributed by atoms with E-state index in [1.807, 2.05) is 12.1 Å². The summed E-state index contributed by atoms with van der Waals surface area (Å²) in [4.78, 5) is 13.0. The summed E-state index contributed by atoms with van der Waals surface area (Å²) in [6.45, 7) is 1.71. The molecule has 2 aromatic carbocycles. The molecule has 1 aliphatic carbocycles. The van der Waals surface area contributed by atoms with E-state index < -0.39 is 10.0 Å². The Morgan fingerprint density at radius 2 is 1.86 bits per heavy atom. The number of carbonyl (C=O) groups is 1. The van der Waals surface area contributed by atoms with Gasteiger partial charge in [0.1, 0.15) is 5.69 Å². The first-order valence-corrected chi connectivity index (χ1v) is 14.1. The van der Waals surface area contributed by atoms with Gasteiger partial charge in [-0.05, 0) is 79.5 Å². The number of rotatable bonds is 7. The fourth-order valence-electron chi connectivity index (χ4n) is 4.76. The zero-order valence-electron chi connectivity index (χ0n) is 19.8. The molecule has 1 amide bonds. The molecule has 35 heavy (non-hydrogen) atoms. The second kappa shape index (κ2) is 9.44. The Morgan fingerprint density at radius 3 is 2.46 bits per heavy atom. The van der Waals surface area contributed by atoms with Gasteiger partial charge < -0.3 is 10.1 Å². The van der Waals surface area contributed by atoms with Crippen molar-refractivity contribution in [2.24, 2.45) is 5.92 Å². The van der Waals surface area contributed by atoms with E-state index in [1.54, 1.807) is 36.0 Å². The van der Waals surface area contributed by atoms with Gasteiger partial charge in [-0.1, -0.05) is 11.6 Å². The Kier molecular flexibility index (Phi) is 6.50. The summed E-state index contributed by atoms with van der Waals surface area (Å²) >= 11 is 6.07. The highest BCUT2D eigenvalue weighted by molar-refractivity contribution is 7.92. The lowest BCUT2D eigenvalue weighted by molar-refractivity contribution is 0.0691. The first-order chi connectivity index (χ1) is 16.8. The van der Waals surface area contributed by atoms with Gasteiger partial charge >= 0.3 is 0 Å². The molecule has 0 radical (unpaired) electrons. The van der Waals surface area contributed by atoms with Crippen LogP contribution in [0.3, 0.4) is 0 Å². The van der Waals surface area contributed by atoms with Crippen LogP contribution in [-0.4, -0.2) is 57.2 Å². The lowest BCUT2D eigenvalue weighted by Gasteiger charge is -2.31. The minimum atomic E-state index is -3.53. The predicted octanol–water partition coefficient (Wildman–Crippen LogP) is 4.11. The summed E-state index contributed by atoms with van der Waals surface area (Å²) < 4.78 is 34.6. The number of hydrogen-bond acceptors (Lipinski definition) is 5. The number of nitrogens with zero attached hydrogens (tertiary/aromatic N) is 3.